The predicted octanol–water partition coefficient (Wildman–Crippen LogP) is 3.52. The summed E-state index contributed by atoms with van der Waals surface area (Å²) in [4.78, 5) is 4.50. The van der Waals surface area contributed by atoms with E-state index < -0.39 is 0 Å². The normalized spacial score (nSPS) is 26.1. The van der Waals surface area contributed by atoms with Gasteiger partial charge in [0.25, 0.3) is 0 Å². The van der Waals surface area contributed by atoms with E-state index in [0.29, 0.717) is 19.0 Å². The molecule has 0 amide bonds. The summed E-state index contributed by atoms with van der Waals surface area (Å²) in [5.41, 5.74) is 0. The Morgan fingerprint density at radius 2 is 2.26 bits per heavy atom. The van der Waals surface area contributed by atoms with Gasteiger partial charge in [-0.1, -0.05) is 6.42 Å². The van der Waals surface area contributed by atoms with Crippen LogP contribution >= 0.6 is 24.0 Å². The van der Waals surface area contributed by atoms with E-state index in [0.717, 1.165) is 36.5 Å². The number of halogens is 2. The zero-order valence-corrected chi connectivity index (χ0v) is 15.8. The summed E-state index contributed by atoms with van der Waals surface area (Å²) in [7, 11) is 0. The second-order valence-electron chi connectivity index (χ2n) is 6.45. The van der Waals surface area contributed by atoms with Crippen LogP contribution in [0, 0.1) is 11.8 Å². The van der Waals surface area contributed by atoms with Crippen LogP contribution in [0.3, 0.4) is 0 Å². The Bertz CT molecular complexity index is 480. The van der Waals surface area contributed by atoms with E-state index in [1.165, 1.54) is 25.7 Å². The molecular weight excluding hydrogens is 408 g/mol. The first-order valence-electron chi connectivity index (χ1n) is 8.48. The van der Waals surface area contributed by atoms with Crippen molar-refractivity contribution in [2.75, 3.05) is 19.8 Å². The van der Waals surface area contributed by atoms with Gasteiger partial charge >= 0.3 is 0 Å². The van der Waals surface area contributed by atoms with Gasteiger partial charge in [-0.2, -0.15) is 0 Å². The number of fused-ring (bicyclic) bond motifs is 2. The maximum atomic E-state index is 12.3. The van der Waals surface area contributed by atoms with Crippen molar-refractivity contribution in [1.29, 1.82) is 0 Å². The lowest BCUT2D eigenvalue weighted by atomic mass is 9.95. The third kappa shape index (κ3) is 5.36. The van der Waals surface area contributed by atoms with Gasteiger partial charge in [-0.15, -0.1) is 24.0 Å². The molecule has 0 aliphatic heterocycles. The van der Waals surface area contributed by atoms with Crippen LogP contribution in [0.2, 0.25) is 0 Å². The fraction of sp³-hybridized carbons (Fsp3) is 0.706. The van der Waals surface area contributed by atoms with Gasteiger partial charge in [0.05, 0.1) is 12.9 Å². The van der Waals surface area contributed by atoms with Crippen LogP contribution in [0.1, 0.15) is 37.9 Å². The molecule has 0 aromatic carbocycles. The van der Waals surface area contributed by atoms with Crippen LogP contribution in [-0.2, 0) is 6.42 Å². The minimum absolute atomic E-state index is 0. The van der Waals surface area contributed by atoms with Gasteiger partial charge in [-0.05, 0) is 49.7 Å². The lowest BCUT2D eigenvalue weighted by Gasteiger charge is -2.25. The predicted molar refractivity (Wildman–Crippen MR) is 101 cm³/mol. The van der Waals surface area contributed by atoms with E-state index >= 15 is 0 Å². The molecule has 2 N–H and O–H groups in total. The fourth-order valence-corrected chi connectivity index (χ4v) is 3.76. The van der Waals surface area contributed by atoms with Crippen LogP contribution < -0.4 is 10.6 Å². The van der Waals surface area contributed by atoms with Crippen LogP contribution in [0.5, 0.6) is 0 Å². The smallest absolute Gasteiger partial charge is 0.191 e. The highest BCUT2D eigenvalue weighted by atomic mass is 127. The summed E-state index contributed by atoms with van der Waals surface area (Å²) in [5, 5.41) is 6.93. The number of rotatable bonds is 7. The Morgan fingerprint density at radius 3 is 2.91 bits per heavy atom. The standard InChI is InChI=1S/C17H26FN3O.HI/c18-7-2-8-19-17(20-9-6-15-3-1-10-22-15)21-16-12-13-4-5-14(16)11-13;/h1,3,10,13-14,16H,2,4-9,11-12H2,(H2,19,20,21);1H. The van der Waals surface area contributed by atoms with Crippen molar-refractivity contribution in [2.45, 2.75) is 44.6 Å². The second kappa shape index (κ2) is 9.49. The topological polar surface area (TPSA) is 49.6 Å². The number of nitrogens with zero attached hydrogens (tertiary/aromatic N) is 1. The summed E-state index contributed by atoms with van der Waals surface area (Å²) in [6, 6.07) is 4.42. The number of aliphatic imine (C=N–C) groups is 1. The number of nitrogens with one attached hydrogen (secondary N) is 2. The molecule has 0 saturated heterocycles. The van der Waals surface area contributed by atoms with E-state index in [-0.39, 0.29) is 30.7 Å². The molecule has 3 rings (SSSR count). The molecule has 0 radical (unpaired) electrons. The molecule has 23 heavy (non-hydrogen) atoms. The van der Waals surface area contributed by atoms with Crippen LogP contribution in [0.15, 0.2) is 27.8 Å². The molecule has 3 atom stereocenters. The zero-order chi connectivity index (χ0) is 15.2. The van der Waals surface area contributed by atoms with Crippen LogP contribution in [0.25, 0.3) is 0 Å². The van der Waals surface area contributed by atoms with Gasteiger partial charge in [-0.25, -0.2) is 0 Å². The monoisotopic (exact) mass is 435 g/mol. The van der Waals surface area contributed by atoms with Gasteiger partial charge in [0, 0.05) is 25.6 Å². The molecule has 4 nitrogen and oxygen atoms in total. The van der Waals surface area contributed by atoms with Crippen molar-refractivity contribution in [3.05, 3.63) is 24.2 Å². The first kappa shape index (κ1) is 18.5. The third-order valence-corrected chi connectivity index (χ3v) is 4.87. The van der Waals surface area contributed by atoms with Crippen LogP contribution in [0.4, 0.5) is 4.39 Å². The molecule has 2 fully saturated rings. The first-order valence-corrected chi connectivity index (χ1v) is 8.48. The Hall–Kier alpha value is -0.790. The largest absolute Gasteiger partial charge is 0.469 e. The average molecular weight is 435 g/mol. The quantitative estimate of drug-likeness (QED) is 0.298. The highest BCUT2D eigenvalue weighted by molar-refractivity contribution is 14.0. The summed E-state index contributed by atoms with van der Waals surface area (Å²) in [5.74, 6) is 3.49. The molecule has 1 aromatic heterocycles. The Balaban J connectivity index is 0.00000192. The van der Waals surface area contributed by atoms with Crippen molar-refractivity contribution in [3.63, 3.8) is 0 Å². The molecule has 2 aliphatic rings. The molecule has 3 unspecified atom stereocenters. The third-order valence-electron chi connectivity index (χ3n) is 4.87. The summed E-state index contributed by atoms with van der Waals surface area (Å²) < 4.78 is 17.6. The van der Waals surface area contributed by atoms with Crippen molar-refractivity contribution in [3.8, 4) is 0 Å². The molecule has 1 aromatic rings. The highest BCUT2D eigenvalue weighted by Gasteiger charge is 2.39. The lowest BCUT2D eigenvalue weighted by molar-refractivity contribution is 0.386. The minimum Gasteiger partial charge on any atom is -0.469 e. The van der Waals surface area contributed by atoms with Gasteiger partial charge in [-0.3, -0.25) is 9.38 Å². The maximum absolute atomic E-state index is 12.3. The number of hydrogen-bond donors (Lipinski definition) is 2. The summed E-state index contributed by atoms with van der Waals surface area (Å²) >= 11 is 0. The maximum Gasteiger partial charge on any atom is 0.191 e. The number of guanidine groups is 1. The Kier molecular flexibility index (Phi) is 7.65. The van der Waals surface area contributed by atoms with Crippen molar-refractivity contribution < 1.29 is 8.81 Å². The Morgan fingerprint density at radius 1 is 1.35 bits per heavy atom. The minimum atomic E-state index is -0.308. The molecule has 1 heterocycles. The SMILES string of the molecule is FCCCN=C(NCCc1ccco1)NC1CC2CCC1C2.I. The summed E-state index contributed by atoms with van der Waals surface area (Å²) in [6.07, 6.45) is 8.36. The molecule has 6 heteroatoms. The van der Waals surface area contributed by atoms with E-state index in [1.807, 2.05) is 12.1 Å². The van der Waals surface area contributed by atoms with Crippen molar-refractivity contribution in [2.24, 2.45) is 16.8 Å². The van der Waals surface area contributed by atoms with Crippen molar-refractivity contribution in [1.82, 2.24) is 10.6 Å². The highest BCUT2D eigenvalue weighted by Crippen LogP contribution is 2.44. The van der Waals surface area contributed by atoms with Gasteiger partial charge in [0.1, 0.15) is 5.76 Å². The number of furan rings is 1. The average Bonchev–Trinajstić information content (AvgIpc) is 3.25. The molecule has 2 bridgehead atoms. The zero-order valence-electron chi connectivity index (χ0n) is 13.5. The number of hydrogen-bond acceptors (Lipinski definition) is 2. The molecule has 0 spiro atoms. The van der Waals surface area contributed by atoms with E-state index in [9.17, 15) is 4.39 Å². The molecule has 2 aliphatic carbocycles. The Labute approximate surface area is 154 Å². The van der Waals surface area contributed by atoms with Crippen molar-refractivity contribution >= 4 is 29.9 Å². The first-order chi connectivity index (χ1) is 10.8. The lowest BCUT2D eigenvalue weighted by Crippen LogP contribution is -2.46. The molecule has 130 valence electrons. The van der Waals surface area contributed by atoms with E-state index in [1.54, 1.807) is 6.26 Å². The molecular formula is C17H27FIN3O. The van der Waals surface area contributed by atoms with E-state index in [2.05, 4.69) is 15.6 Å². The van der Waals surface area contributed by atoms with E-state index in [4.69, 9.17) is 4.42 Å². The summed E-state index contributed by atoms with van der Waals surface area (Å²) in [6.45, 7) is 1.00. The fourth-order valence-electron chi connectivity index (χ4n) is 3.76. The van der Waals surface area contributed by atoms with Gasteiger partial charge in [0.15, 0.2) is 5.96 Å². The number of alkyl halides is 1. The molecule has 2 saturated carbocycles. The van der Waals surface area contributed by atoms with Gasteiger partial charge in [0.2, 0.25) is 0 Å². The van der Waals surface area contributed by atoms with Crippen LogP contribution in [-0.4, -0.2) is 31.8 Å². The second-order valence-corrected chi connectivity index (χ2v) is 6.45. The van der Waals surface area contributed by atoms with Gasteiger partial charge < -0.3 is 15.1 Å².